The molecule has 9 nitrogen and oxygen atoms in total. The van der Waals surface area contributed by atoms with E-state index in [0.29, 0.717) is 17.1 Å². The second kappa shape index (κ2) is 11.7. The summed E-state index contributed by atoms with van der Waals surface area (Å²) in [5, 5.41) is 16.4. The van der Waals surface area contributed by atoms with Crippen LogP contribution in [0.15, 0.2) is 46.5 Å². The topological polar surface area (TPSA) is 126 Å². The van der Waals surface area contributed by atoms with Gasteiger partial charge >= 0.3 is 0 Å². The van der Waals surface area contributed by atoms with Gasteiger partial charge in [-0.05, 0) is 18.4 Å². The lowest BCUT2D eigenvalue weighted by molar-refractivity contribution is -0.131. The van der Waals surface area contributed by atoms with Gasteiger partial charge in [-0.15, -0.1) is 34.0 Å². The van der Waals surface area contributed by atoms with E-state index in [-0.39, 0.29) is 30.0 Å². The van der Waals surface area contributed by atoms with Gasteiger partial charge in [0.05, 0.1) is 6.04 Å². The lowest BCUT2D eigenvalue weighted by Gasteiger charge is -2.27. The average molecular weight is 581 g/mol. The normalized spacial score (nSPS) is 20.8. The van der Waals surface area contributed by atoms with Crippen LogP contribution >= 0.6 is 34.0 Å². The molecule has 0 saturated heterocycles. The van der Waals surface area contributed by atoms with Crippen molar-refractivity contribution in [3.05, 3.63) is 62.7 Å². The lowest BCUT2D eigenvalue weighted by atomic mass is 9.97. The molecule has 0 radical (unpaired) electrons. The Kier molecular flexibility index (Phi) is 8.15. The fourth-order valence-electron chi connectivity index (χ4n) is 4.18. The highest BCUT2D eigenvalue weighted by atomic mass is 32.1. The minimum Gasteiger partial charge on any atom is -0.345 e. The van der Waals surface area contributed by atoms with Gasteiger partial charge in [0.1, 0.15) is 44.2 Å². The molecule has 0 fully saturated rings. The van der Waals surface area contributed by atoms with E-state index in [2.05, 4.69) is 25.9 Å². The van der Waals surface area contributed by atoms with Gasteiger partial charge in [0.25, 0.3) is 5.91 Å². The summed E-state index contributed by atoms with van der Waals surface area (Å²) in [6.07, 6.45) is 0.940. The zero-order chi connectivity index (χ0) is 27.5. The fourth-order valence-corrected chi connectivity index (χ4v) is 6.67. The Morgan fingerprint density at radius 1 is 0.821 bits per heavy atom. The zero-order valence-corrected chi connectivity index (χ0v) is 24.1. The molecule has 0 unspecified atom stereocenters. The molecule has 1 aromatic carbocycles. The van der Waals surface area contributed by atoms with Crippen molar-refractivity contribution >= 4 is 51.7 Å². The van der Waals surface area contributed by atoms with Crippen LogP contribution in [0.1, 0.15) is 54.3 Å². The summed E-state index contributed by atoms with van der Waals surface area (Å²) >= 11 is 4.21. The van der Waals surface area contributed by atoms with Crippen molar-refractivity contribution in [2.24, 2.45) is 5.92 Å². The standard InChI is InChI=1S/C27H28N6O3S3/c1-4-14(2)21-24(36)28-15(3)25-31-19(12-37-25)27-32-20(13-39-27)26-30-18(11-38-26)23(35)29-17(22(34)33-21)10-16-8-6-5-7-9-16/h5-9,11-15,17,21H,4,10H2,1-3H3,(H,28,36)(H,29,35)(H,33,34)/t14-,15-,17+,21-/m0/s1. The second-order valence-corrected chi connectivity index (χ2v) is 12.1. The number of carbonyl (C=O) groups is 3. The van der Waals surface area contributed by atoms with Crippen LogP contribution in [0.5, 0.6) is 0 Å². The van der Waals surface area contributed by atoms with E-state index in [0.717, 1.165) is 21.3 Å². The minimum atomic E-state index is -0.909. The maximum Gasteiger partial charge on any atom is 0.271 e. The predicted molar refractivity (Wildman–Crippen MR) is 154 cm³/mol. The third kappa shape index (κ3) is 6.07. The van der Waals surface area contributed by atoms with Crippen molar-refractivity contribution < 1.29 is 14.4 Å². The molecule has 1 aliphatic rings. The first-order chi connectivity index (χ1) is 18.8. The van der Waals surface area contributed by atoms with Gasteiger partial charge in [0.2, 0.25) is 11.8 Å². The number of nitrogens with zero attached hydrogens (tertiary/aromatic N) is 3. The number of thiazole rings is 3. The van der Waals surface area contributed by atoms with Gasteiger partial charge in [0, 0.05) is 22.6 Å². The lowest BCUT2D eigenvalue weighted by Crippen LogP contribution is -2.56. The highest BCUT2D eigenvalue weighted by Gasteiger charge is 2.32. The third-order valence-corrected chi connectivity index (χ3v) is 9.39. The Balaban J connectivity index is 1.53. The van der Waals surface area contributed by atoms with Crippen LogP contribution in [0.3, 0.4) is 0 Å². The molecule has 0 aliphatic carbocycles. The molecule has 12 heteroatoms. The highest BCUT2D eigenvalue weighted by Crippen LogP contribution is 2.32. The van der Waals surface area contributed by atoms with Crippen LogP contribution in [0.2, 0.25) is 0 Å². The number of amides is 3. The van der Waals surface area contributed by atoms with E-state index in [1.807, 2.05) is 61.9 Å². The van der Waals surface area contributed by atoms with Crippen molar-refractivity contribution in [3.63, 3.8) is 0 Å². The summed E-state index contributed by atoms with van der Waals surface area (Å²) in [6, 6.07) is 7.39. The van der Waals surface area contributed by atoms with Gasteiger partial charge in [-0.1, -0.05) is 50.6 Å². The molecule has 202 valence electrons. The van der Waals surface area contributed by atoms with Crippen LogP contribution < -0.4 is 16.0 Å². The van der Waals surface area contributed by atoms with E-state index >= 15 is 0 Å². The summed E-state index contributed by atoms with van der Waals surface area (Å²) in [6.45, 7) is 5.76. The van der Waals surface area contributed by atoms with Crippen LogP contribution in [-0.2, 0) is 16.0 Å². The van der Waals surface area contributed by atoms with E-state index in [4.69, 9.17) is 4.98 Å². The van der Waals surface area contributed by atoms with E-state index < -0.39 is 23.9 Å². The molecule has 6 bridgehead atoms. The van der Waals surface area contributed by atoms with Crippen molar-refractivity contribution in [2.45, 2.75) is 51.7 Å². The quantitative estimate of drug-likeness (QED) is 0.327. The molecule has 4 aromatic rings. The first kappa shape index (κ1) is 27.1. The molecular weight excluding hydrogens is 553 g/mol. The minimum absolute atomic E-state index is 0.137. The van der Waals surface area contributed by atoms with Crippen LogP contribution in [-0.4, -0.2) is 44.8 Å². The van der Waals surface area contributed by atoms with E-state index in [1.54, 1.807) is 5.38 Å². The van der Waals surface area contributed by atoms with Gasteiger partial charge in [0.15, 0.2) is 0 Å². The Morgan fingerprint density at radius 3 is 2.18 bits per heavy atom. The highest BCUT2D eigenvalue weighted by molar-refractivity contribution is 7.16. The van der Waals surface area contributed by atoms with Crippen LogP contribution in [0, 0.1) is 5.92 Å². The number of aromatic nitrogens is 3. The smallest absolute Gasteiger partial charge is 0.271 e. The van der Waals surface area contributed by atoms with E-state index in [9.17, 15) is 14.4 Å². The summed E-state index contributed by atoms with van der Waals surface area (Å²) in [5.74, 6) is -1.33. The number of hydrogen-bond donors (Lipinski definition) is 3. The van der Waals surface area contributed by atoms with Gasteiger partial charge in [-0.25, -0.2) is 15.0 Å². The molecule has 39 heavy (non-hydrogen) atoms. The number of rotatable bonds is 4. The largest absolute Gasteiger partial charge is 0.345 e. The Hall–Kier alpha value is -3.48. The number of hydrogen-bond acceptors (Lipinski definition) is 9. The van der Waals surface area contributed by atoms with Crippen molar-refractivity contribution in [1.29, 1.82) is 0 Å². The molecular formula is C27H28N6O3S3. The summed E-state index contributed by atoms with van der Waals surface area (Å²) in [5.41, 5.74) is 2.47. The Morgan fingerprint density at radius 2 is 1.46 bits per heavy atom. The zero-order valence-electron chi connectivity index (χ0n) is 21.6. The Bertz CT molecular complexity index is 1480. The molecule has 3 aromatic heterocycles. The summed E-state index contributed by atoms with van der Waals surface area (Å²) < 4.78 is 0. The van der Waals surface area contributed by atoms with Gasteiger partial charge < -0.3 is 16.0 Å². The van der Waals surface area contributed by atoms with Crippen LogP contribution in [0.25, 0.3) is 21.4 Å². The molecule has 1 aliphatic heterocycles. The molecule has 4 heterocycles. The molecule has 3 N–H and O–H groups in total. The maximum absolute atomic E-state index is 13.6. The Labute approximate surface area is 238 Å². The first-order valence-electron chi connectivity index (χ1n) is 12.6. The van der Waals surface area contributed by atoms with Gasteiger partial charge in [-0.2, -0.15) is 0 Å². The summed E-state index contributed by atoms with van der Waals surface area (Å²) in [7, 11) is 0. The van der Waals surface area contributed by atoms with Crippen molar-refractivity contribution in [3.8, 4) is 21.4 Å². The maximum atomic E-state index is 13.6. The number of benzene rings is 1. The molecule has 5 rings (SSSR count). The molecule has 0 saturated carbocycles. The van der Waals surface area contributed by atoms with E-state index in [1.165, 1.54) is 34.0 Å². The monoisotopic (exact) mass is 580 g/mol. The SMILES string of the molecule is CC[C@H](C)[C@@H]1NC(=O)[C@@H](Cc2ccccc2)NC(=O)c2csc(n2)-c2csc(n2)-c2csc(n2)[C@H](C)NC1=O. The predicted octanol–water partition coefficient (Wildman–Crippen LogP) is 4.45. The average Bonchev–Trinajstić information content (AvgIpc) is 3.71. The van der Waals surface area contributed by atoms with Crippen molar-refractivity contribution in [2.75, 3.05) is 0 Å². The van der Waals surface area contributed by atoms with Gasteiger partial charge in [-0.3, -0.25) is 14.4 Å². The number of nitrogens with one attached hydrogen (secondary N) is 3. The number of fused-ring (bicyclic) bond motifs is 8. The third-order valence-electron chi connectivity index (χ3n) is 6.63. The first-order valence-corrected chi connectivity index (χ1v) is 15.3. The van der Waals surface area contributed by atoms with Crippen LogP contribution in [0.4, 0.5) is 0 Å². The summed E-state index contributed by atoms with van der Waals surface area (Å²) in [4.78, 5) is 54.2. The molecule has 4 atom stereocenters. The number of carbonyl (C=O) groups excluding carboxylic acids is 3. The second-order valence-electron chi connectivity index (χ2n) is 9.46. The van der Waals surface area contributed by atoms with Crippen molar-refractivity contribution in [1.82, 2.24) is 30.9 Å². The fraction of sp³-hybridized carbons (Fsp3) is 0.333. The molecule has 0 spiro atoms. The molecule has 3 amide bonds.